The maximum Gasteiger partial charge on any atom is 0.273 e. The SMILES string of the molecule is C[C@@]1(C(=O)NC2CCCCC2)Cn2nc(-c3cccs3)cc2C(=O)N1Cc1ccc(F)cc1. The Kier molecular flexibility index (Phi) is 5.78. The van der Waals surface area contributed by atoms with E-state index in [0.717, 1.165) is 41.8 Å². The predicted molar refractivity (Wildman–Crippen MR) is 125 cm³/mol. The molecule has 0 unspecified atom stereocenters. The van der Waals surface area contributed by atoms with Gasteiger partial charge < -0.3 is 10.2 Å². The summed E-state index contributed by atoms with van der Waals surface area (Å²) >= 11 is 1.56. The largest absolute Gasteiger partial charge is 0.351 e. The molecule has 5 rings (SSSR count). The number of aromatic nitrogens is 2. The van der Waals surface area contributed by atoms with Gasteiger partial charge in [0.05, 0.1) is 11.4 Å². The summed E-state index contributed by atoms with van der Waals surface area (Å²) in [6.07, 6.45) is 5.33. The second-order valence-corrected chi connectivity index (χ2v) is 10.1. The Morgan fingerprint density at radius 3 is 2.67 bits per heavy atom. The van der Waals surface area contributed by atoms with E-state index in [1.54, 1.807) is 39.1 Å². The number of rotatable bonds is 5. The van der Waals surface area contributed by atoms with Gasteiger partial charge in [0.1, 0.15) is 22.7 Å². The lowest BCUT2D eigenvalue weighted by Gasteiger charge is -2.44. The average molecular weight is 467 g/mol. The lowest BCUT2D eigenvalue weighted by atomic mass is 9.91. The molecule has 0 bridgehead atoms. The van der Waals surface area contributed by atoms with Gasteiger partial charge in [0.25, 0.3) is 5.91 Å². The Morgan fingerprint density at radius 2 is 1.97 bits per heavy atom. The monoisotopic (exact) mass is 466 g/mol. The molecule has 1 aliphatic carbocycles. The number of amides is 2. The van der Waals surface area contributed by atoms with Crippen molar-refractivity contribution in [2.45, 2.75) is 63.7 Å². The average Bonchev–Trinajstić information content (AvgIpc) is 3.48. The molecular weight excluding hydrogens is 439 g/mol. The van der Waals surface area contributed by atoms with Gasteiger partial charge in [-0.3, -0.25) is 14.3 Å². The smallest absolute Gasteiger partial charge is 0.273 e. The molecule has 3 aromatic rings. The van der Waals surface area contributed by atoms with E-state index in [-0.39, 0.29) is 36.8 Å². The van der Waals surface area contributed by atoms with Crippen LogP contribution in [0.5, 0.6) is 0 Å². The molecule has 3 heterocycles. The molecule has 33 heavy (non-hydrogen) atoms. The fraction of sp³-hybridized carbons (Fsp3) is 0.400. The zero-order chi connectivity index (χ0) is 23.0. The molecule has 2 aromatic heterocycles. The lowest BCUT2D eigenvalue weighted by Crippen LogP contribution is -2.64. The van der Waals surface area contributed by atoms with Crippen LogP contribution in [0, 0.1) is 5.82 Å². The van der Waals surface area contributed by atoms with Crippen molar-refractivity contribution in [2.75, 3.05) is 0 Å². The standard InChI is InChI=1S/C25H27FN4O2S/c1-25(24(32)27-19-6-3-2-4-7-19)16-30-21(14-20(28-30)22-8-5-13-33-22)23(31)29(25)15-17-9-11-18(26)12-10-17/h5,8-14,19H,2-4,6-7,15-16H2,1H3,(H,27,32)/t25-/m0/s1. The summed E-state index contributed by atoms with van der Waals surface area (Å²) in [4.78, 5) is 29.9. The molecule has 1 aliphatic heterocycles. The van der Waals surface area contributed by atoms with Gasteiger partial charge in [-0.15, -0.1) is 11.3 Å². The minimum atomic E-state index is -1.12. The van der Waals surface area contributed by atoms with E-state index in [9.17, 15) is 14.0 Å². The van der Waals surface area contributed by atoms with Gasteiger partial charge in [-0.25, -0.2) is 4.39 Å². The molecule has 0 spiro atoms. The Hall–Kier alpha value is -3.00. The van der Waals surface area contributed by atoms with Crippen LogP contribution in [0.2, 0.25) is 0 Å². The molecule has 172 valence electrons. The topological polar surface area (TPSA) is 67.2 Å². The predicted octanol–water partition coefficient (Wildman–Crippen LogP) is 4.61. The second-order valence-electron chi connectivity index (χ2n) is 9.15. The fourth-order valence-corrected chi connectivity index (χ4v) is 5.48. The molecule has 1 fully saturated rings. The molecule has 1 atom stereocenters. The van der Waals surface area contributed by atoms with Crippen molar-refractivity contribution in [3.8, 4) is 10.6 Å². The number of carbonyl (C=O) groups excluding carboxylic acids is 2. The summed E-state index contributed by atoms with van der Waals surface area (Å²) in [5.41, 5.74) is 0.845. The van der Waals surface area contributed by atoms with E-state index in [1.165, 1.54) is 18.6 Å². The number of hydrogen-bond donors (Lipinski definition) is 1. The summed E-state index contributed by atoms with van der Waals surface area (Å²) in [5.74, 6) is -0.744. The third kappa shape index (κ3) is 4.19. The Bertz CT molecular complexity index is 1150. The summed E-state index contributed by atoms with van der Waals surface area (Å²) in [5, 5.41) is 9.85. The van der Waals surface area contributed by atoms with Crippen LogP contribution in [0.4, 0.5) is 4.39 Å². The minimum absolute atomic E-state index is 0.131. The van der Waals surface area contributed by atoms with Crippen molar-refractivity contribution in [3.05, 3.63) is 64.9 Å². The fourth-order valence-electron chi connectivity index (χ4n) is 4.79. The summed E-state index contributed by atoms with van der Waals surface area (Å²) in [7, 11) is 0. The highest BCUT2D eigenvalue weighted by Crippen LogP contribution is 2.33. The van der Waals surface area contributed by atoms with Crippen LogP contribution in [0.3, 0.4) is 0 Å². The third-order valence-corrected chi connectivity index (χ3v) is 7.65. The number of benzene rings is 1. The maximum atomic E-state index is 13.7. The van der Waals surface area contributed by atoms with Crippen LogP contribution < -0.4 is 5.32 Å². The highest BCUT2D eigenvalue weighted by molar-refractivity contribution is 7.13. The van der Waals surface area contributed by atoms with Crippen molar-refractivity contribution >= 4 is 23.2 Å². The lowest BCUT2D eigenvalue weighted by molar-refractivity contribution is -0.134. The van der Waals surface area contributed by atoms with Crippen molar-refractivity contribution in [1.29, 1.82) is 0 Å². The first kappa shape index (κ1) is 21.8. The molecule has 0 radical (unpaired) electrons. The van der Waals surface area contributed by atoms with Crippen LogP contribution >= 0.6 is 11.3 Å². The van der Waals surface area contributed by atoms with E-state index >= 15 is 0 Å². The number of thiophene rings is 1. The quantitative estimate of drug-likeness (QED) is 0.597. The van der Waals surface area contributed by atoms with Crippen molar-refractivity contribution in [1.82, 2.24) is 20.0 Å². The molecule has 1 saturated carbocycles. The number of halogens is 1. The molecule has 8 heteroatoms. The Labute approximate surface area is 196 Å². The maximum absolute atomic E-state index is 13.7. The zero-order valence-electron chi connectivity index (χ0n) is 18.6. The molecule has 2 aliphatic rings. The van der Waals surface area contributed by atoms with E-state index in [1.807, 2.05) is 24.4 Å². The minimum Gasteiger partial charge on any atom is -0.351 e. The first-order valence-corrected chi connectivity index (χ1v) is 12.3. The Balaban J connectivity index is 1.50. The highest BCUT2D eigenvalue weighted by Gasteiger charge is 2.48. The molecule has 6 nitrogen and oxygen atoms in total. The van der Waals surface area contributed by atoms with E-state index in [2.05, 4.69) is 10.4 Å². The van der Waals surface area contributed by atoms with Gasteiger partial charge in [0.2, 0.25) is 5.91 Å². The normalized spacial score (nSPS) is 21.2. The van der Waals surface area contributed by atoms with E-state index in [0.29, 0.717) is 5.69 Å². The number of hydrogen-bond acceptors (Lipinski definition) is 4. The van der Waals surface area contributed by atoms with Crippen LogP contribution in [0.15, 0.2) is 47.8 Å². The van der Waals surface area contributed by atoms with Crippen LogP contribution in [-0.2, 0) is 17.9 Å². The van der Waals surface area contributed by atoms with E-state index in [4.69, 9.17) is 0 Å². The third-order valence-electron chi connectivity index (χ3n) is 6.75. The summed E-state index contributed by atoms with van der Waals surface area (Å²) < 4.78 is 15.1. The van der Waals surface area contributed by atoms with Crippen molar-refractivity contribution in [3.63, 3.8) is 0 Å². The molecule has 0 saturated heterocycles. The molecular formula is C25H27FN4O2S. The highest BCUT2D eigenvalue weighted by atomic mass is 32.1. The Morgan fingerprint density at radius 1 is 1.21 bits per heavy atom. The van der Waals surface area contributed by atoms with Crippen LogP contribution in [0.1, 0.15) is 55.1 Å². The van der Waals surface area contributed by atoms with Gasteiger partial charge in [-0.2, -0.15) is 5.10 Å². The van der Waals surface area contributed by atoms with Crippen molar-refractivity contribution in [2.24, 2.45) is 0 Å². The number of nitrogens with zero attached hydrogens (tertiary/aromatic N) is 3. The van der Waals surface area contributed by atoms with Gasteiger partial charge in [-0.1, -0.05) is 37.5 Å². The summed E-state index contributed by atoms with van der Waals surface area (Å²) in [6, 6.07) is 11.9. The van der Waals surface area contributed by atoms with Gasteiger partial charge in [-0.05, 0) is 55.0 Å². The van der Waals surface area contributed by atoms with Gasteiger partial charge >= 0.3 is 0 Å². The van der Waals surface area contributed by atoms with E-state index < -0.39 is 5.54 Å². The van der Waals surface area contributed by atoms with Crippen LogP contribution in [0.25, 0.3) is 10.6 Å². The number of fused-ring (bicyclic) bond motifs is 1. The van der Waals surface area contributed by atoms with Crippen LogP contribution in [-0.4, -0.2) is 38.1 Å². The first-order chi connectivity index (χ1) is 15.9. The van der Waals surface area contributed by atoms with Gasteiger partial charge in [0.15, 0.2) is 0 Å². The molecule has 1 N–H and O–H groups in total. The number of nitrogens with one attached hydrogen (secondary N) is 1. The van der Waals surface area contributed by atoms with Crippen molar-refractivity contribution < 1.29 is 14.0 Å². The number of carbonyl (C=O) groups is 2. The van der Waals surface area contributed by atoms with Gasteiger partial charge in [0, 0.05) is 12.6 Å². The second kappa shape index (κ2) is 8.74. The molecule has 2 amide bonds. The zero-order valence-corrected chi connectivity index (χ0v) is 19.4. The molecule has 1 aromatic carbocycles. The first-order valence-electron chi connectivity index (χ1n) is 11.4. The summed E-state index contributed by atoms with van der Waals surface area (Å²) in [6.45, 7) is 2.29.